The van der Waals surface area contributed by atoms with E-state index in [4.69, 9.17) is 4.74 Å². The molecule has 3 nitrogen and oxygen atoms in total. The second kappa shape index (κ2) is 7.17. The maximum absolute atomic E-state index is 16.3. The van der Waals surface area contributed by atoms with Crippen molar-refractivity contribution in [3.05, 3.63) is 71.3 Å². The number of halogens is 3. The Balaban J connectivity index is 1.64. The van der Waals surface area contributed by atoms with Crippen molar-refractivity contribution >= 4 is 5.97 Å². The summed E-state index contributed by atoms with van der Waals surface area (Å²) < 4.78 is 49.7. The molecule has 2 bridgehead atoms. The fraction of sp³-hybridized carbons (Fsp3) is 0.435. The highest BCUT2D eigenvalue weighted by molar-refractivity contribution is 5.85. The predicted molar refractivity (Wildman–Crippen MR) is 103 cm³/mol. The van der Waals surface area contributed by atoms with Crippen molar-refractivity contribution in [3.8, 4) is 0 Å². The SMILES string of the molecule is C[N+]1(C)C2CCC1CC(OC(=O)C(F)(c1ccc(F)cc1)c1ccc(F)cc1)C2. The lowest BCUT2D eigenvalue weighted by Gasteiger charge is -2.44. The van der Waals surface area contributed by atoms with Crippen molar-refractivity contribution < 1.29 is 27.2 Å². The third-order valence-electron chi connectivity index (χ3n) is 6.82. The smallest absolute Gasteiger partial charge is 0.353 e. The lowest BCUT2D eigenvalue weighted by atomic mass is 9.87. The lowest BCUT2D eigenvalue weighted by Crippen LogP contribution is -2.56. The molecule has 6 heteroatoms. The zero-order valence-electron chi connectivity index (χ0n) is 16.6. The van der Waals surface area contributed by atoms with Crippen LogP contribution in [0, 0.1) is 11.6 Å². The summed E-state index contributed by atoms with van der Waals surface area (Å²) in [6.45, 7) is 0. The first-order valence-corrected chi connectivity index (χ1v) is 9.96. The number of fused-ring (bicyclic) bond motifs is 2. The second-order valence-corrected chi connectivity index (χ2v) is 8.69. The highest BCUT2D eigenvalue weighted by atomic mass is 19.1. The first-order valence-electron chi connectivity index (χ1n) is 9.96. The Labute approximate surface area is 168 Å². The number of esters is 1. The molecular formula is C23H25F3NO2+. The quantitative estimate of drug-likeness (QED) is 0.554. The number of piperidine rings is 1. The molecule has 2 atom stereocenters. The fourth-order valence-corrected chi connectivity index (χ4v) is 4.92. The normalized spacial score (nSPS) is 25.6. The van der Waals surface area contributed by atoms with Crippen LogP contribution in [0.4, 0.5) is 13.2 Å². The molecular weight excluding hydrogens is 379 g/mol. The van der Waals surface area contributed by atoms with Gasteiger partial charge in [-0.1, -0.05) is 24.3 Å². The molecule has 2 aliphatic rings. The van der Waals surface area contributed by atoms with Gasteiger partial charge in [0.2, 0.25) is 0 Å². The number of rotatable bonds is 4. The number of ether oxygens (including phenoxy) is 1. The van der Waals surface area contributed by atoms with Crippen LogP contribution in [-0.4, -0.2) is 42.7 Å². The highest BCUT2D eigenvalue weighted by Gasteiger charge is 2.52. The molecule has 0 aliphatic carbocycles. The summed E-state index contributed by atoms with van der Waals surface area (Å²) in [6, 6.07) is 10.1. The van der Waals surface area contributed by atoms with E-state index in [1.807, 2.05) is 0 Å². The summed E-state index contributed by atoms with van der Waals surface area (Å²) >= 11 is 0. The number of alkyl halides is 1. The number of hydrogen-bond donors (Lipinski definition) is 0. The molecule has 2 aromatic rings. The third-order valence-corrected chi connectivity index (χ3v) is 6.82. The fourth-order valence-electron chi connectivity index (χ4n) is 4.92. The molecule has 29 heavy (non-hydrogen) atoms. The Kier molecular flexibility index (Phi) is 4.93. The minimum atomic E-state index is -2.64. The van der Waals surface area contributed by atoms with Crippen LogP contribution in [0.5, 0.6) is 0 Å². The van der Waals surface area contributed by atoms with Gasteiger partial charge in [0.25, 0.3) is 5.67 Å². The number of nitrogens with zero attached hydrogens (tertiary/aromatic N) is 1. The average Bonchev–Trinajstić information content (AvgIpc) is 2.85. The molecule has 0 N–H and O–H groups in total. The second-order valence-electron chi connectivity index (χ2n) is 8.69. The molecule has 2 heterocycles. The first kappa shape index (κ1) is 20.0. The Morgan fingerprint density at radius 2 is 1.31 bits per heavy atom. The van der Waals surface area contributed by atoms with Crippen LogP contribution >= 0.6 is 0 Å². The minimum Gasteiger partial charge on any atom is -0.459 e. The van der Waals surface area contributed by atoms with Crippen LogP contribution in [-0.2, 0) is 15.2 Å². The molecule has 154 valence electrons. The highest BCUT2D eigenvalue weighted by Crippen LogP contribution is 2.42. The summed E-state index contributed by atoms with van der Waals surface area (Å²) in [5, 5.41) is 0. The van der Waals surface area contributed by atoms with Gasteiger partial charge in [0.05, 0.1) is 26.2 Å². The van der Waals surface area contributed by atoms with Gasteiger partial charge >= 0.3 is 5.97 Å². The van der Waals surface area contributed by atoms with Gasteiger partial charge in [-0.15, -0.1) is 0 Å². The third kappa shape index (κ3) is 3.44. The summed E-state index contributed by atoms with van der Waals surface area (Å²) in [4.78, 5) is 13.1. The first-order chi connectivity index (χ1) is 13.7. The number of carbonyl (C=O) groups is 1. The monoisotopic (exact) mass is 404 g/mol. The average molecular weight is 404 g/mol. The van der Waals surface area contributed by atoms with E-state index >= 15 is 4.39 Å². The van der Waals surface area contributed by atoms with Gasteiger partial charge in [-0.05, 0) is 24.3 Å². The van der Waals surface area contributed by atoms with E-state index in [1.54, 1.807) is 0 Å². The van der Waals surface area contributed by atoms with Crippen LogP contribution in [0.3, 0.4) is 0 Å². The van der Waals surface area contributed by atoms with Crippen molar-refractivity contribution in [2.75, 3.05) is 14.1 Å². The Hall–Kier alpha value is -2.34. The van der Waals surface area contributed by atoms with E-state index in [0.29, 0.717) is 24.9 Å². The van der Waals surface area contributed by atoms with Gasteiger partial charge in [-0.2, -0.15) is 0 Å². The summed E-state index contributed by atoms with van der Waals surface area (Å²) in [6.07, 6.45) is 3.17. The molecule has 2 unspecified atom stereocenters. The molecule has 0 amide bonds. The Morgan fingerprint density at radius 3 is 1.72 bits per heavy atom. The van der Waals surface area contributed by atoms with Crippen molar-refractivity contribution in [1.82, 2.24) is 0 Å². The molecule has 0 spiro atoms. The molecule has 2 aromatic carbocycles. The zero-order valence-corrected chi connectivity index (χ0v) is 16.6. The van der Waals surface area contributed by atoms with E-state index in [9.17, 15) is 13.6 Å². The van der Waals surface area contributed by atoms with E-state index < -0.39 is 23.3 Å². The predicted octanol–water partition coefficient (Wildman–Crippen LogP) is 4.49. The van der Waals surface area contributed by atoms with Crippen molar-refractivity contribution in [2.45, 2.75) is 49.5 Å². The van der Waals surface area contributed by atoms with Crippen molar-refractivity contribution in [1.29, 1.82) is 0 Å². The van der Waals surface area contributed by atoms with Crippen molar-refractivity contribution in [2.24, 2.45) is 0 Å². The van der Waals surface area contributed by atoms with Gasteiger partial charge in [0.1, 0.15) is 17.7 Å². The number of hydrogen-bond acceptors (Lipinski definition) is 2. The lowest BCUT2D eigenvalue weighted by molar-refractivity contribution is -0.931. The molecule has 2 aliphatic heterocycles. The van der Waals surface area contributed by atoms with Crippen LogP contribution in [0.2, 0.25) is 0 Å². The number of carbonyl (C=O) groups excluding carboxylic acids is 1. The van der Waals surface area contributed by atoms with Crippen LogP contribution in [0.25, 0.3) is 0 Å². The standard InChI is InChI=1S/C23H25F3NO2/c1-27(2)19-11-12-20(27)14-21(13-19)29-22(28)23(26,15-3-7-17(24)8-4-15)16-5-9-18(25)10-6-16/h3-10,19-21H,11-14H2,1-2H3/q+1. The van der Waals surface area contributed by atoms with Gasteiger partial charge in [-0.25, -0.2) is 18.0 Å². The van der Waals surface area contributed by atoms with E-state index in [1.165, 1.54) is 24.3 Å². The van der Waals surface area contributed by atoms with Crippen LogP contribution < -0.4 is 0 Å². The maximum Gasteiger partial charge on any atom is 0.353 e. The maximum atomic E-state index is 16.3. The summed E-state index contributed by atoms with van der Waals surface area (Å²) in [5.41, 5.74) is -2.71. The van der Waals surface area contributed by atoms with E-state index in [0.717, 1.165) is 41.6 Å². The Morgan fingerprint density at radius 1 is 0.897 bits per heavy atom. The Bertz CT molecular complexity index is 834. The molecule has 0 aromatic heterocycles. The van der Waals surface area contributed by atoms with E-state index in [2.05, 4.69) is 14.1 Å². The van der Waals surface area contributed by atoms with Gasteiger partial charge < -0.3 is 9.22 Å². The van der Waals surface area contributed by atoms with Crippen LogP contribution in [0.15, 0.2) is 48.5 Å². The van der Waals surface area contributed by atoms with Crippen LogP contribution in [0.1, 0.15) is 36.8 Å². The molecule has 0 saturated carbocycles. The summed E-state index contributed by atoms with van der Waals surface area (Å²) in [5.74, 6) is -2.10. The topological polar surface area (TPSA) is 26.3 Å². The van der Waals surface area contributed by atoms with Gasteiger partial charge in [0.15, 0.2) is 0 Å². The largest absolute Gasteiger partial charge is 0.459 e. The molecule has 0 radical (unpaired) electrons. The summed E-state index contributed by atoms with van der Waals surface area (Å²) in [7, 11) is 4.38. The zero-order chi connectivity index (χ0) is 20.8. The molecule has 4 rings (SSSR count). The number of benzene rings is 2. The molecule has 2 saturated heterocycles. The van der Waals surface area contributed by atoms with Gasteiger partial charge in [-0.3, -0.25) is 0 Å². The number of quaternary nitrogens is 1. The van der Waals surface area contributed by atoms with E-state index in [-0.39, 0.29) is 17.2 Å². The van der Waals surface area contributed by atoms with Gasteiger partial charge in [0, 0.05) is 36.8 Å². The minimum absolute atomic E-state index is 0.0367. The van der Waals surface area contributed by atoms with Crippen molar-refractivity contribution in [3.63, 3.8) is 0 Å². The molecule has 2 fully saturated rings.